The minimum atomic E-state index is -0.156. The van der Waals surface area contributed by atoms with Crippen molar-refractivity contribution in [2.75, 3.05) is 11.1 Å². The summed E-state index contributed by atoms with van der Waals surface area (Å²) in [5.41, 5.74) is 2.69. The molecule has 1 aliphatic carbocycles. The minimum Gasteiger partial charge on any atom is -0.325 e. The monoisotopic (exact) mass is 453 g/mol. The molecular formula is C24H24ClN3O2S. The maximum atomic E-state index is 13.2. The summed E-state index contributed by atoms with van der Waals surface area (Å²) < 4.78 is 1.72. The molecule has 3 aromatic rings. The molecule has 1 amide bonds. The zero-order chi connectivity index (χ0) is 21.6. The molecule has 1 N–H and O–H groups in total. The standard InChI is InChI=1S/C24H24ClN3O2S/c25-18-10-12-19(13-11-18)26-22(29)16-31-24-27-21-9-5-4-8-20(21)23(30)28(24)15-14-17-6-2-1-3-7-17/h4-6,8-13H,1-3,7,14-16H2,(H,26,29). The van der Waals surface area contributed by atoms with Gasteiger partial charge < -0.3 is 5.32 Å². The normalized spacial score (nSPS) is 13.8. The molecule has 1 aliphatic rings. The fraction of sp³-hybridized carbons (Fsp3) is 0.292. The van der Waals surface area contributed by atoms with Crippen molar-refractivity contribution < 1.29 is 4.79 Å². The molecule has 160 valence electrons. The van der Waals surface area contributed by atoms with Crippen molar-refractivity contribution >= 4 is 45.9 Å². The molecule has 0 aliphatic heterocycles. The summed E-state index contributed by atoms with van der Waals surface area (Å²) >= 11 is 7.18. The fourth-order valence-corrected chi connectivity index (χ4v) is 4.65. The van der Waals surface area contributed by atoms with Crippen LogP contribution in [0.5, 0.6) is 0 Å². The van der Waals surface area contributed by atoms with Gasteiger partial charge in [-0.15, -0.1) is 0 Å². The molecule has 1 heterocycles. The number of carbonyl (C=O) groups excluding carboxylic acids is 1. The lowest BCUT2D eigenvalue weighted by molar-refractivity contribution is -0.113. The lowest BCUT2D eigenvalue weighted by Gasteiger charge is -2.16. The highest BCUT2D eigenvalue weighted by molar-refractivity contribution is 7.99. The molecule has 2 aromatic carbocycles. The van der Waals surface area contributed by atoms with Gasteiger partial charge in [-0.05, 0) is 68.5 Å². The number of benzene rings is 2. The third-order valence-corrected chi connectivity index (χ3v) is 6.56. The lowest BCUT2D eigenvalue weighted by atomic mass is 9.97. The summed E-state index contributed by atoms with van der Waals surface area (Å²) in [7, 11) is 0. The molecule has 0 saturated heterocycles. The van der Waals surface area contributed by atoms with Crippen LogP contribution in [-0.4, -0.2) is 21.2 Å². The number of hydrogen-bond acceptors (Lipinski definition) is 4. The first-order valence-electron chi connectivity index (χ1n) is 10.5. The number of thioether (sulfide) groups is 1. The second-order valence-corrected chi connectivity index (χ2v) is 8.95. The number of nitrogens with zero attached hydrogens (tertiary/aromatic N) is 2. The Hall–Kier alpha value is -2.57. The number of amides is 1. The first kappa shape index (κ1) is 21.7. The van der Waals surface area contributed by atoms with Crippen molar-refractivity contribution in [3.05, 3.63) is 75.6 Å². The van der Waals surface area contributed by atoms with Crippen molar-refractivity contribution in [3.8, 4) is 0 Å². The zero-order valence-electron chi connectivity index (χ0n) is 17.1. The van der Waals surface area contributed by atoms with Crippen molar-refractivity contribution in [2.24, 2.45) is 0 Å². The Morgan fingerprint density at radius 1 is 1.13 bits per heavy atom. The van der Waals surface area contributed by atoms with Gasteiger partial charge in [0.25, 0.3) is 5.56 Å². The van der Waals surface area contributed by atoms with Gasteiger partial charge in [-0.1, -0.05) is 47.1 Å². The highest BCUT2D eigenvalue weighted by Crippen LogP contribution is 2.23. The molecule has 0 saturated carbocycles. The SMILES string of the molecule is O=C(CSc1nc2ccccc2c(=O)n1CCC1=CCCCC1)Nc1ccc(Cl)cc1. The largest absolute Gasteiger partial charge is 0.325 e. The molecular weight excluding hydrogens is 430 g/mol. The smallest absolute Gasteiger partial charge is 0.262 e. The third kappa shape index (κ3) is 5.57. The summed E-state index contributed by atoms with van der Waals surface area (Å²) in [4.78, 5) is 30.3. The van der Waals surface area contributed by atoms with Gasteiger partial charge >= 0.3 is 0 Å². The van der Waals surface area contributed by atoms with Crippen LogP contribution in [0.2, 0.25) is 5.02 Å². The average molecular weight is 454 g/mol. The van der Waals surface area contributed by atoms with E-state index in [0.717, 1.165) is 19.3 Å². The topological polar surface area (TPSA) is 64.0 Å². The van der Waals surface area contributed by atoms with E-state index < -0.39 is 0 Å². The fourth-order valence-electron chi connectivity index (χ4n) is 3.70. The molecule has 31 heavy (non-hydrogen) atoms. The van der Waals surface area contributed by atoms with E-state index in [4.69, 9.17) is 16.6 Å². The number of carbonyl (C=O) groups is 1. The van der Waals surface area contributed by atoms with Gasteiger partial charge in [-0.25, -0.2) is 4.98 Å². The number of allylic oxidation sites excluding steroid dienone is 2. The summed E-state index contributed by atoms with van der Waals surface area (Å²) in [6.07, 6.45) is 7.81. The number of fused-ring (bicyclic) bond motifs is 1. The summed E-state index contributed by atoms with van der Waals surface area (Å²) in [5.74, 6) is 0.00657. The van der Waals surface area contributed by atoms with Crippen molar-refractivity contribution in [1.29, 1.82) is 0 Å². The van der Waals surface area contributed by atoms with E-state index in [1.165, 1.54) is 30.2 Å². The highest BCUT2D eigenvalue weighted by Gasteiger charge is 2.14. The minimum absolute atomic E-state index is 0.0531. The number of rotatable bonds is 7. The van der Waals surface area contributed by atoms with Gasteiger partial charge in [0, 0.05) is 17.3 Å². The second-order valence-electron chi connectivity index (χ2n) is 7.57. The van der Waals surface area contributed by atoms with E-state index in [2.05, 4.69) is 11.4 Å². The number of aromatic nitrogens is 2. The first-order valence-corrected chi connectivity index (χ1v) is 11.8. The quantitative estimate of drug-likeness (QED) is 0.284. The van der Waals surface area contributed by atoms with E-state index in [9.17, 15) is 9.59 Å². The van der Waals surface area contributed by atoms with Gasteiger partial charge in [-0.2, -0.15) is 0 Å². The summed E-state index contributed by atoms with van der Waals surface area (Å²) in [6.45, 7) is 0.573. The van der Waals surface area contributed by atoms with Gasteiger partial charge in [0.2, 0.25) is 5.91 Å². The summed E-state index contributed by atoms with van der Waals surface area (Å²) in [6, 6.07) is 14.3. The van der Waals surface area contributed by atoms with E-state index in [1.807, 2.05) is 24.3 Å². The van der Waals surface area contributed by atoms with Crippen LogP contribution < -0.4 is 10.9 Å². The zero-order valence-corrected chi connectivity index (χ0v) is 18.7. The average Bonchev–Trinajstić information content (AvgIpc) is 2.79. The van der Waals surface area contributed by atoms with Crippen molar-refractivity contribution in [1.82, 2.24) is 9.55 Å². The van der Waals surface area contributed by atoms with Crippen LogP contribution in [-0.2, 0) is 11.3 Å². The summed E-state index contributed by atoms with van der Waals surface area (Å²) in [5, 5.41) is 4.65. The molecule has 7 heteroatoms. The van der Waals surface area contributed by atoms with Gasteiger partial charge in [-0.3, -0.25) is 14.2 Å². The van der Waals surface area contributed by atoms with Crippen molar-refractivity contribution in [3.63, 3.8) is 0 Å². The molecule has 0 radical (unpaired) electrons. The Labute approximate surface area is 190 Å². The Balaban J connectivity index is 1.53. The maximum absolute atomic E-state index is 13.2. The van der Waals surface area contributed by atoms with Crippen LogP contribution in [0.1, 0.15) is 32.1 Å². The Kier molecular flexibility index (Phi) is 7.10. The lowest BCUT2D eigenvalue weighted by Crippen LogP contribution is -2.24. The van der Waals surface area contributed by atoms with E-state index >= 15 is 0 Å². The molecule has 0 unspecified atom stereocenters. The van der Waals surface area contributed by atoms with Crippen LogP contribution >= 0.6 is 23.4 Å². The predicted molar refractivity (Wildman–Crippen MR) is 128 cm³/mol. The van der Waals surface area contributed by atoms with Crippen molar-refractivity contribution in [2.45, 2.75) is 43.8 Å². The number of halogens is 1. The van der Waals surface area contributed by atoms with Gasteiger partial charge in [0.05, 0.1) is 16.7 Å². The Bertz CT molecular complexity index is 1170. The Morgan fingerprint density at radius 2 is 1.94 bits per heavy atom. The van der Waals surface area contributed by atoms with Gasteiger partial charge in [0.15, 0.2) is 5.16 Å². The molecule has 0 spiro atoms. The van der Waals surface area contributed by atoms with Crippen LogP contribution in [0.4, 0.5) is 5.69 Å². The molecule has 0 atom stereocenters. The molecule has 4 rings (SSSR count). The second kappa shape index (κ2) is 10.2. The number of nitrogens with one attached hydrogen (secondary N) is 1. The number of anilines is 1. The molecule has 0 bridgehead atoms. The highest BCUT2D eigenvalue weighted by atomic mass is 35.5. The maximum Gasteiger partial charge on any atom is 0.262 e. The number of para-hydroxylation sites is 1. The predicted octanol–water partition coefficient (Wildman–Crippen LogP) is 5.67. The number of hydrogen-bond donors (Lipinski definition) is 1. The van der Waals surface area contributed by atoms with E-state index in [-0.39, 0.29) is 17.2 Å². The van der Waals surface area contributed by atoms with Crippen LogP contribution in [0, 0.1) is 0 Å². The third-order valence-electron chi connectivity index (χ3n) is 5.33. The van der Waals surface area contributed by atoms with E-state index in [0.29, 0.717) is 33.3 Å². The Morgan fingerprint density at radius 3 is 2.71 bits per heavy atom. The van der Waals surface area contributed by atoms with Crippen LogP contribution in [0.15, 0.2) is 70.1 Å². The molecule has 0 fully saturated rings. The molecule has 1 aromatic heterocycles. The first-order chi connectivity index (χ1) is 15.1. The van der Waals surface area contributed by atoms with Gasteiger partial charge in [0.1, 0.15) is 0 Å². The van der Waals surface area contributed by atoms with E-state index in [1.54, 1.807) is 28.8 Å². The molecule has 5 nitrogen and oxygen atoms in total. The van der Waals surface area contributed by atoms with Crippen LogP contribution in [0.25, 0.3) is 10.9 Å². The van der Waals surface area contributed by atoms with Crippen LogP contribution in [0.3, 0.4) is 0 Å².